The topological polar surface area (TPSA) is 12.0 Å². The summed E-state index contributed by atoms with van der Waals surface area (Å²) in [5.41, 5.74) is 3.65. The number of rotatable bonds is 3. The van der Waals surface area contributed by atoms with Gasteiger partial charge in [0.2, 0.25) is 0 Å². The van der Waals surface area contributed by atoms with E-state index in [0.717, 1.165) is 21.2 Å². The van der Waals surface area contributed by atoms with Crippen molar-refractivity contribution >= 4 is 37.5 Å². The van der Waals surface area contributed by atoms with E-state index in [9.17, 15) is 0 Å². The van der Waals surface area contributed by atoms with E-state index in [1.54, 1.807) is 0 Å². The third-order valence-corrected chi connectivity index (χ3v) is 3.91. The monoisotopic (exact) mass is 353 g/mol. The second-order valence-electron chi connectivity index (χ2n) is 3.95. The lowest BCUT2D eigenvalue weighted by molar-refractivity contribution is 1.14. The molecule has 88 valence electrons. The van der Waals surface area contributed by atoms with E-state index in [2.05, 4.69) is 74.4 Å². The van der Waals surface area contributed by atoms with Gasteiger partial charge in [-0.15, -0.1) is 0 Å². The average Bonchev–Trinajstić information content (AvgIpc) is 2.31. The number of hydrogen-bond donors (Lipinski definition) is 1. The number of anilines is 1. The molecule has 2 aromatic rings. The molecule has 0 aromatic heterocycles. The fourth-order valence-electron chi connectivity index (χ4n) is 1.55. The van der Waals surface area contributed by atoms with Crippen molar-refractivity contribution in [2.45, 2.75) is 13.5 Å². The van der Waals surface area contributed by atoms with Gasteiger partial charge in [0, 0.05) is 21.2 Å². The Morgan fingerprint density at radius 3 is 2.59 bits per heavy atom. The van der Waals surface area contributed by atoms with Crippen LogP contribution in [0.1, 0.15) is 11.1 Å². The third kappa shape index (κ3) is 3.58. The van der Waals surface area contributed by atoms with Crippen molar-refractivity contribution in [3.63, 3.8) is 0 Å². The Bertz CT molecular complexity index is 523. The van der Waals surface area contributed by atoms with E-state index in [4.69, 9.17) is 0 Å². The van der Waals surface area contributed by atoms with Crippen LogP contribution in [0, 0.1) is 6.92 Å². The van der Waals surface area contributed by atoms with Gasteiger partial charge in [0.15, 0.2) is 0 Å². The van der Waals surface area contributed by atoms with Crippen LogP contribution in [0.3, 0.4) is 0 Å². The minimum absolute atomic E-state index is 0.829. The molecular weight excluding hydrogens is 342 g/mol. The van der Waals surface area contributed by atoms with Crippen LogP contribution in [0.5, 0.6) is 0 Å². The molecule has 2 aromatic carbocycles. The first kappa shape index (κ1) is 12.7. The Labute approximate surface area is 119 Å². The molecule has 1 nitrogen and oxygen atoms in total. The summed E-state index contributed by atoms with van der Waals surface area (Å²) >= 11 is 7.01. The number of benzene rings is 2. The number of nitrogens with one attached hydrogen (secondary N) is 1. The predicted octanol–water partition coefficient (Wildman–Crippen LogP) is 5.13. The van der Waals surface area contributed by atoms with Crippen LogP contribution in [0.2, 0.25) is 0 Å². The van der Waals surface area contributed by atoms with E-state index in [0.29, 0.717) is 0 Å². The van der Waals surface area contributed by atoms with Gasteiger partial charge < -0.3 is 5.32 Å². The van der Waals surface area contributed by atoms with Gasteiger partial charge in [0.25, 0.3) is 0 Å². The van der Waals surface area contributed by atoms with Crippen LogP contribution in [0.25, 0.3) is 0 Å². The summed E-state index contributed by atoms with van der Waals surface area (Å²) in [5, 5.41) is 3.40. The lowest BCUT2D eigenvalue weighted by Gasteiger charge is -2.08. The Balaban J connectivity index is 2.05. The molecule has 0 bridgehead atoms. The molecule has 0 fully saturated rings. The van der Waals surface area contributed by atoms with Crippen molar-refractivity contribution in [3.8, 4) is 0 Å². The molecule has 0 aliphatic rings. The van der Waals surface area contributed by atoms with Crippen molar-refractivity contribution in [3.05, 3.63) is 62.5 Å². The Hall–Kier alpha value is -0.800. The van der Waals surface area contributed by atoms with Crippen molar-refractivity contribution in [2.75, 3.05) is 5.32 Å². The number of aryl methyl sites for hydroxylation is 1. The summed E-state index contributed by atoms with van der Waals surface area (Å²) in [7, 11) is 0. The molecule has 0 atom stereocenters. The first-order valence-electron chi connectivity index (χ1n) is 5.39. The molecule has 0 radical (unpaired) electrons. The highest BCUT2D eigenvalue weighted by Gasteiger charge is 1.98. The molecular formula is C14H13Br2N. The zero-order chi connectivity index (χ0) is 12.3. The molecule has 0 aliphatic heterocycles. The van der Waals surface area contributed by atoms with Gasteiger partial charge in [-0.2, -0.15) is 0 Å². The second kappa shape index (κ2) is 5.69. The van der Waals surface area contributed by atoms with Crippen LogP contribution in [-0.2, 0) is 6.54 Å². The van der Waals surface area contributed by atoms with E-state index < -0.39 is 0 Å². The number of halogens is 2. The summed E-state index contributed by atoms with van der Waals surface area (Å²) in [4.78, 5) is 0. The zero-order valence-corrected chi connectivity index (χ0v) is 12.7. The van der Waals surface area contributed by atoms with Crippen LogP contribution < -0.4 is 5.32 Å². The standard InChI is InChI=1S/C14H13Br2N/c1-10-5-6-11(7-14(10)16)9-17-13-4-2-3-12(15)8-13/h2-8,17H,9H2,1H3. The summed E-state index contributed by atoms with van der Waals surface area (Å²) in [5.74, 6) is 0. The van der Waals surface area contributed by atoms with Crippen LogP contribution in [0.15, 0.2) is 51.4 Å². The van der Waals surface area contributed by atoms with Gasteiger partial charge in [0.05, 0.1) is 0 Å². The summed E-state index contributed by atoms with van der Waals surface area (Å²) in [6, 6.07) is 14.6. The zero-order valence-electron chi connectivity index (χ0n) is 9.50. The maximum Gasteiger partial charge on any atom is 0.0401 e. The second-order valence-corrected chi connectivity index (χ2v) is 5.72. The molecule has 0 amide bonds. The highest BCUT2D eigenvalue weighted by atomic mass is 79.9. The van der Waals surface area contributed by atoms with Crippen molar-refractivity contribution in [1.82, 2.24) is 0 Å². The van der Waals surface area contributed by atoms with E-state index in [1.165, 1.54) is 11.1 Å². The SMILES string of the molecule is Cc1ccc(CNc2cccc(Br)c2)cc1Br. The van der Waals surface area contributed by atoms with Gasteiger partial charge in [-0.25, -0.2) is 0 Å². The molecule has 0 saturated heterocycles. The van der Waals surface area contributed by atoms with E-state index in [-0.39, 0.29) is 0 Å². The molecule has 0 aliphatic carbocycles. The van der Waals surface area contributed by atoms with Gasteiger partial charge in [-0.05, 0) is 42.3 Å². The Morgan fingerprint density at radius 2 is 1.88 bits per heavy atom. The van der Waals surface area contributed by atoms with E-state index >= 15 is 0 Å². The minimum Gasteiger partial charge on any atom is -0.381 e. The molecule has 2 rings (SSSR count). The van der Waals surface area contributed by atoms with Gasteiger partial charge in [-0.3, -0.25) is 0 Å². The van der Waals surface area contributed by atoms with E-state index in [1.807, 2.05) is 12.1 Å². The Kier molecular flexibility index (Phi) is 4.24. The smallest absolute Gasteiger partial charge is 0.0401 e. The van der Waals surface area contributed by atoms with Crippen molar-refractivity contribution in [1.29, 1.82) is 0 Å². The molecule has 17 heavy (non-hydrogen) atoms. The maximum atomic E-state index is 3.55. The highest BCUT2D eigenvalue weighted by Crippen LogP contribution is 2.19. The lowest BCUT2D eigenvalue weighted by atomic mass is 10.1. The predicted molar refractivity (Wildman–Crippen MR) is 80.3 cm³/mol. The fourth-order valence-corrected chi connectivity index (χ4v) is 2.37. The summed E-state index contributed by atoms with van der Waals surface area (Å²) in [6.07, 6.45) is 0. The van der Waals surface area contributed by atoms with Crippen molar-refractivity contribution < 1.29 is 0 Å². The van der Waals surface area contributed by atoms with Crippen LogP contribution >= 0.6 is 31.9 Å². The first-order chi connectivity index (χ1) is 8.15. The Morgan fingerprint density at radius 1 is 1.06 bits per heavy atom. The highest BCUT2D eigenvalue weighted by molar-refractivity contribution is 9.10. The lowest BCUT2D eigenvalue weighted by Crippen LogP contribution is -1.99. The largest absolute Gasteiger partial charge is 0.381 e. The van der Waals surface area contributed by atoms with Gasteiger partial charge in [0.1, 0.15) is 0 Å². The molecule has 1 N–H and O–H groups in total. The maximum absolute atomic E-state index is 3.55. The molecule has 0 spiro atoms. The minimum atomic E-state index is 0.829. The fraction of sp³-hybridized carbons (Fsp3) is 0.143. The third-order valence-electron chi connectivity index (χ3n) is 2.56. The quantitative estimate of drug-likeness (QED) is 0.805. The number of hydrogen-bond acceptors (Lipinski definition) is 1. The average molecular weight is 355 g/mol. The molecule has 0 unspecified atom stereocenters. The normalized spacial score (nSPS) is 10.3. The van der Waals surface area contributed by atoms with Crippen LogP contribution in [-0.4, -0.2) is 0 Å². The molecule has 3 heteroatoms. The first-order valence-corrected chi connectivity index (χ1v) is 6.98. The van der Waals surface area contributed by atoms with Gasteiger partial charge >= 0.3 is 0 Å². The molecule has 0 saturated carbocycles. The van der Waals surface area contributed by atoms with Gasteiger partial charge in [-0.1, -0.05) is 50.1 Å². The van der Waals surface area contributed by atoms with Crippen molar-refractivity contribution in [2.24, 2.45) is 0 Å². The molecule has 0 heterocycles. The van der Waals surface area contributed by atoms with Crippen LogP contribution in [0.4, 0.5) is 5.69 Å². The summed E-state index contributed by atoms with van der Waals surface area (Å²) in [6.45, 7) is 2.92. The summed E-state index contributed by atoms with van der Waals surface area (Å²) < 4.78 is 2.25.